The summed E-state index contributed by atoms with van der Waals surface area (Å²) >= 11 is 1.81. The molecule has 0 spiro atoms. The highest BCUT2D eigenvalue weighted by Crippen LogP contribution is 2.27. The van der Waals surface area contributed by atoms with Crippen LogP contribution >= 0.6 is 11.3 Å². The standard InChI is InChI=1S/C17H30N2S/c1-6-13(2)15-9-18-16(17(3,4)5)11-19(15)10-14-7-8-20-12-14/h7-8,12-13,15-16,18H,6,9-11H2,1-5H3. The fourth-order valence-electron chi connectivity index (χ4n) is 3.04. The molecule has 0 bridgehead atoms. The fourth-order valence-corrected chi connectivity index (χ4v) is 3.70. The number of hydrogen-bond acceptors (Lipinski definition) is 3. The first kappa shape index (κ1) is 16.0. The Kier molecular flexibility index (Phi) is 5.27. The van der Waals surface area contributed by atoms with Crippen LogP contribution in [0.2, 0.25) is 0 Å². The molecule has 1 fully saturated rings. The van der Waals surface area contributed by atoms with Crippen molar-refractivity contribution in [2.45, 2.75) is 59.7 Å². The van der Waals surface area contributed by atoms with Crippen molar-refractivity contribution in [2.75, 3.05) is 13.1 Å². The number of hydrogen-bond donors (Lipinski definition) is 1. The van der Waals surface area contributed by atoms with Crippen molar-refractivity contribution in [3.8, 4) is 0 Å². The normalized spacial score (nSPS) is 26.6. The summed E-state index contributed by atoms with van der Waals surface area (Å²) in [7, 11) is 0. The van der Waals surface area contributed by atoms with E-state index in [9.17, 15) is 0 Å². The maximum absolute atomic E-state index is 3.79. The van der Waals surface area contributed by atoms with Crippen LogP contribution in [0.15, 0.2) is 16.8 Å². The van der Waals surface area contributed by atoms with E-state index in [4.69, 9.17) is 0 Å². The quantitative estimate of drug-likeness (QED) is 0.903. The third-order valence-corrected chi connectivity index (χ3v) is 5.50. The lowest BCUT2D eigenvalue weighted by Gasteiger charge is -2.47. The zero-order valence-corrected chi connectivity index (χ0v) is 14.5. The van der Waals surface area contributed by atoms with E-state index in [0.29, 0.717) is 17.5 Å². The average Bonchev–Trinajstić information content (AvgIpc) is 2.89. The van der Waals surface area contributed by atoms with Crippen LogP contribution in [0.5, 0.6) is 0 Å². The van der Waals surface area contributed by atoms with E-state index in [1.165, 1.54) is 12.0 Å². The van der Waals surface area contributed by atoms with Crippen LogP contribution in [0, 0.1) is 11.3 Å². The molecule has 2 heterocycles. The zero-order valence-electron chi connectivity index (χ0n) is 13.6. The Labute approximate surface area is 128 Å². The Bertz CT molecular complexity index is 394. The summed E-state index contributed by atoms with van der Waals surface area (Å²) in [5.74, 6) is 0.752. The zero-order chi connectivity index (χ0) is 14.8. The molecule has 1 aromatic heterocycles. The molecule has 1 aliphatic heterocycles. The van der Waals surface area contributed by atoms with Crippen molar-refractivity contribution < 1.29 is 0 Å². The van der Waals surface area contributed by atoms with E-state index in [1.807, 2.05) is 11.3 Å². The topological polar surface area (TPSA) is 15.3 Å². The SMILES string of the molecule is CCC(C)C1CNC(C(C)(C)C)CN1Cc1ccsc1. The molecule has 3 heteroatoms. The van der Waals surface area contributed by atoms with Gasteiger partial charge in [0, 0.05) is 31.7 Å². The second-order valence-electron chi connectivity index (χ2n) is 7.34. The van der Waals surface area contributed by atoms with Gasteiger partial charge in [0.15, 0.2) is 0 Å². The van der Waals surface area contributed by atoms with Crippen molar-refractivity contribution in [3.63, 3.8) is 0 Å². The summed E-state index contributed by atoms with van der Waals surface area (Å²) in [5, 5.41) is 8.28. The van der Waals surface area contributed by atoms with Gasteiger partial charge in [0.05, 0.1) is 0 Å². The smallest absolute Gasteiger partial charge is 0.0250 e. The largest absolute Gasteiger partial charge is 0.311 e. The third-order valence-electron chi connectivity index (χ3n) is 4.77. The molecule has 0 aliphatic carbocycles. The van der Waals surface area contributed by atoms with Crippen LogP contribution in [0.3, 0.4) is 0 Å². The molecule has 1 N–H and O–H groups in total. The Morgan fingerprint density at radius 1 is 1.45 bits per heavy atom. The molecule has 0 saturated carbocycles. The van der Waals surface area contributed by atoms with Crippen LogP contribution in [-0.2, 0) is 6.54 Å². The number of piperazine rings is 1. The maximum Gasteiger partial charge on any atom is 0.0250 e. The summed E-state index contributed by atoms with van der Waals surface area (Å²) < 4.78 is 0. The van der Waals surface area contributed by atoms with Gasteiger partial charge in [-0.15, -0.1) is 0 Å². The van der Waals surface area contributed by atoms with Crippen molar-refractivity contribution in [1.29, 1.82) is 0 Å². The fraction of sp³-hybridized carbons (Fsp3) is 0.765. The average molecular weight is 295 g/mol. The van der Waals surface area contributed by atoms with Gasteiger partial charge in [0.1, 0.15) is 0 Å². The molecular formula is C17H30N2S. The maximum atomic E-state index is 3.79. The van der Waals surface area contributed by atoms with E-state index in [-0.39, 0.29) is 0 Å². The van der Waals surface area contributed by atoms with E-state index in [0.717, 1.165) is 25.6 Å². The lowest BCUT2D eigenvalue weighted by atomic mass is 9.83. The second-order valence-corrected chi connectivity index (χ2v) is 8.12. The molecule has 1 aliphatic rings. The van der Waals surface area contributed by atoms with Gasteiger partial charge in [-0.3, -0.25) is 4.90 Å². The Balaban J connectivity index is 2.10. The molecule has 1 aromatic rings. The van der Waals surface area contributed by atoms with Crippen LogP contribution < -0.4 is 5.32 Å². The molecule has 0 aromatic carbocycles. The molecule has 2 rings (SSSR count). The van der Waals surface area contributed by atoms with Gasteiger partial charge in [-0.25, -0.2) is 0 Å². The lowest BCUT2D eigenvalue weighted by molar-refractivity contribution is 0.0523. The molecule has 2 nitrogen and oxygen atoms in total. The van der Waals surface area contributed by atoms with Crippen molar-refractivity contribution in [1.82, 2.24) is 10.2 Å². The molecule has 3 atom stereocenters. The molecule has 114 valence electrons. The summed E-state index contributed by atoms with van der Waals surface area (Å²) in [6.45, 7) is 15.1. The van der Waals surface area contributed by atoms with Crippen LogP contribution in [-0.4, -0.2) is 30.1 Å². The van der Waals surface area contributed by atoms with Gasteiger partial charge in [-0.05, 0) is 33.7 Å². The van der Waals surface area contributed by atoms with Crippen molar-refractivity contribution >= 4 is 11.3 Å². The predicted octanol–water partition coefficient (Wildman–Crippen LogP) is 3.98. The Morgan fingerprint density at radius 2 is 2.20 bits per heavy atom. The van der Waals surface area contributed by atoms with Crippen LogP contribution in [0.25, 0.3) is 0 Å². The number of rotatable bonds is 4. The minimum absolute atomic E-state index is 0.327. The van der Waals surface area contributed by atoms with Gasteiger partial charge < -0.3 is 5.32 Å². The first-order valence-electron chi connectivity index (χ1n) is 7.90. The monoisotopic (exact) mass is 294 g/mol. The highest BCUT2D eigenvalue weighted by Gasteiger charge is 2.35. The van der Waals surface area contributed by atoms with E-state index >= 15 is 0 Å². The molecule has 20 heavy (non-hydrogen) atoms. The second kappa shape index (κ2) is 6.59. The minimum Gasteiger partial charge on any atom is -0.311 e. The van der Waals surface area contributed by atoms with Gasteiger partial charge in [0.2, 0.25) is 0 Å². The van der Waals surface area contributed by atoms with Crippen molar-refractivity contribution in [2.24, 2.45) is 11.3 Å². The lowest BCUT2D eigenvalue weighted by Crippen LogP contribution is -2.61. The van der Waals surface area contributed by atoms with Gasteiger partial charge in [-0.2, -0.15) is 11.3 Å². The van der Waals surface area contributed by atoms with Crippen molar-refractivity contribution in [3.05, 3.63) is 22.4 Å². The first-order chi connectivity index (χ1) is 9.41. The highest BCUT2D eigenvalue weighted by molar-refractivity contribution is 7.07. The van der Waals surface area contributed by atoms with Crippen LogP contribution in [0.4, 0.5) is 0 Å². The summed E-state index contributed by atoms with van der Waals surface area (Å²) in [6.07, 6.45) is 1.26. The minimum atomic E-state index is 0.327. The van der Waals surface area contributed by atoms with E-state index < -0.39 is 0 Å². The van der Waals surface area contributed by atoms with Crippen LogP contribution in [0.1, 0.15) is 46.6 Å². The molecular weight excluding hydrogens is 264 g/mol. The predicted molar refractivity (Wildman–Crippen MR) is 89.2 cm³/mol. The number of nitrogens with zero attached hydrogens (tertiary/aromatic N) is 1. The Morgan fingerprint density at radius 3 is 2.75 bits per heavy atom. The molecule has 0 amide bonds. The van der Waals surface area contributed by atoms with E-state index in [1.54, 1.807) is 0 Å². The van der Waals surface area contributed by atoms with Gasteiger partial charge in [-0.1, -0.05) is 41.0 Å². The van der Waals surface area contributed by atoms with E-state index in [2.05, 4.69) is 61.7 Å². The highest BCUT2D eigenvalue weighted by atomic mass is 32.1. The molecule has 0 radical (unpaired) electrons. The first-order valence-corrected chi connectivity index (χ1v) is 8.84. The molecule has 3 unspecified atom stereocenters. The number of nitrogens with one attached hydrogen (secondary N) is 1. The van der Waals surface area contributed by atoms with Gasteiger partial charge >= 0.3 is 0 Å². The van der Waals surface area contributed by atoms with Gasteiger partial charge in [0.25, 0.3) is 0 Å². The summed E-state index contributed by atoms with van der Waals surface area (Å²) in [5.41, 5.74) is 1.80. The third kappa shape index (κ3) is 3.84. The molecule has 1 saturated heterocycles. The summed E-state index contributed by atoms with van der Waals surface area (Å²) in [6, 6.07) is 3.52. The number of thiophene rings is 1. The summed E-state index contributed by atoms with van der Waals surface area (Å²) in [4.78, 5) is 2.71. The Hall–Kier alpha value is -0.380.